The number of ether oxygens (including phenoxy) is 2. The van der Waals surface area contributed by atoms with Crippen molar-refractivity contribution in [2.24, 2.45) is 0 Å². The predicted molar refractivity (Wildman–Crippen MR) is 86.8 cm³/mol. The van der Waals surface area contributed by atoms with Gasteiger partial charge in [-0.1, -0.05) is 30.9 Å². The van der Waals surface area contributed by atoms with Crippen molar-refractivity contribution in [1.82, 2.24) is 4.90 Å². The van der Waals surface area contributed by atoms with Crippen LogP contribution < -0.4 is 0 Å². The Kier molecular flexibility index (Phi) is 7.54. The summed E-state index contributed by atoms with van der Waals surface area (Å²) in [7, 11) is 1.29. The molecule has 1 rings (SSSR count). The summed E-state index contributed by atoms with van der Waals surface area (Å²) in [4.78, 5) is 24.9. The standard InChI is InChI=1S/C17H25NO5/c1-4-6-14(7-5-2)13-23-16(20)18-10-8-17(21,9-11-18)12-15(19)22-3/h4-7,21H,1,8-13H2,2-3H3/b7-5-,14-6+. The summed E-state index contributed by atoms with van der Waals surface area (Å²) in [5.41, 5.74) is -0.266. The molecule has 1 aliphatic heterocycles. The van der Waals surface area contributed by atoms with Crippen LogP contribution in [0.15, 0.2) is 36.5 Å². The Morgan fingerprint density at radius 1 is 1.35 bits per heavy atom. The molecule has 1 saturated heterocycles. The molecule has 128 valence electrons. The molecule has 1 heterocycles. The Balaban J connectivity index is 2.47. The molecule has 0 aromatic carbocycles. The molecule has 1 N–H and O–H groups in total. The highest BCUT2D eigenvalue weighted by Gasteiger charge is 2.36. The van der Waals surface area contributed by atoms with Gasteiger partial charge in [0.2, 0.25) is 0 Å². The van der Waals surface area contributed by atoms with Crippen LogP contribution in [0.2, 0.25) is 0 Å². The third kappa shape index (κ3) is 6.28. The maximum Gasteiger partial charge on any atom is 0.410 e. The summed E-state index contributed by atoms with van der Waals surface area (Å²) >= 11 is 0. The first-order valence-corrected chi connectivity index (χ1v) is 7.59. The molecule has 23 heavy (non-hydrogen) atoms. The number of hydrogen-bond acceptors (Lipinski definition) is 5. The number of rotatable bonds is 6. The average molecular weight is 323 g/mol. The molecule has 0 aliphatic carbocycles. The van der Waals surface area contributed by atoms with E-state index in [9.17, 15) is 14.7 Å². The van der Waals surface area contributed by atoms with Crippen molar-refractivity contribution in [2.75, 3.05) is 26.8 Å². The third-order valence-electron chi connectivity index (χ3n) is 3.73. The number of aliphatic hydroxyl groups is 1. The molecule has 0 spiro atoms. The maximum absolute atomic E-state index is 12.1. The number of carbonyl (C=O) groups is 2. The van der Waals surface area contributed by atoms with Crippen molar-refractivity contribution in [3.05, 3.63) is 36.5 Å². The van der Waals surface area contributed by atoms with E-state index in [1.54, 1.807) is 12.2 Å². The topological polar surface area (TPSA) is 76.1 Å². The van der Waals surface area contributed by atoms with Gasteiger partial charge in [0, 0.05) is 13.1 Å². The van der Waals surface area contributed by atoms with Crippen LogP contribution in [-0.2, 0) is 14.3 Å². The monoisotopic (exact) mass is 323 g/mol. The van der Waals surface area contributed by atoms with E-state index < -0.39 is 17.7 Å². The normalized spacial score (nSPS) is 17.9. The van der Waals surface area contributed by atoms with Gasteiger partial charge in [-0.15, -0.1) is 0 Å². The molecule has 0 unspecified atom stereocenters. The van der Waals surface area contributed by atoms with Crippen LogP contribution >= 0.6 is 0 Å². The second-order valence-electron chi connectivity index (χ2n) is 5.50. The number of nitrogens with zero attached hydrogens (tertiary/aromatic N) is 1. The smallest absolute Gasteiger partial charge is 0.410 e. The number of allylic oxidation sites excluding steroid dienone is 3. The number of esters is 1. The van der Waals surface area contributed by atoms with Crippen molar-refractivity contribution < 1.29 is 24.2 Å². The summed E-state index contributed by atoms with van der Waals surface area (Å²) in [6.07, 6.45) is 7.28. The fourth-order valence-electron chi connectivity index (χ4n) is 2.38. The maximum atomic E-state index is 12.1. The largest absolute Gasteiger partial charge is 0.469 e. The molecule has 1 fully saturated rings. The minimum atomic E-state index is -1.11. The van der Waals surface area contributed by atoms with Crippen LogP contribution in [-0.4, -0.2) is 54.5 Å². The summed E-state index contributed by atoms with van der Waals surface area (Å²) in [5.74, 6) is -0.450. The molecular weight excluding hydrogens is 298 g/mol. The molecule has 0 atom stereocenters. The van der Waals surface area contributed by atoms with Crippen molar-refractivity contribution in [1.29, 1.82) is 0 Å². The lowest BCUT2D eigenvalue weighted by atomic mass is 9.88. The molecule has 0 saturated carbocycles. The van der Waals surface area contributed by atoms with E-state index in [0.717, 1.165) is 5.57 Å². The zero-order valence-corrected chi connectivity index (χ0v) is 13.8. The number of hydrogen-bond donors (Lipinski definition) is 1. The van der Waals surface area contributed by atoms with Gasteiger partial charge in [-0.05, 0) is 25.3 Å². The predicted octanol–water partition coefficient (Wildman–Crippen LogP) is 2.20. The quantitative estimate of drug-likeness (QED) is 0.599. The van der Waals surface area contributed by atoms with Gasteiger partial charge in [0.25, 0.3) is 0 Å². The molecule has 6 nitrogen and oxygen atoms in total. The van der Waals surface area contributed by atoms with Crippen molar-refractivity contribution >= 4 is 12.1 Å². The first-order chi connectivity index (χ1) is 10.9. The molecule has 0 aromatic heterocycles. The third-order valence-corrected chi connectivity index (χ3v) is 3.73. The fraction of sp³-hybridized carbons (Fsp3) is 0.529. The highest BCUT2D eigenvalue weighted by molar-refractivity contribution is 5.71. The molecule has 1 amide bonds. The van der Waals surface area contributed by atoms with Gasteiger partial charge in [-0.3, -0.25) is 4.79 Å². The van der Waals surface area contributed by atoms with Crippen LogP contribution in [0, 0.1) is 0 Å². The Morgan fingerprint density at radius 2 is 2.00 bits per heavy atom. The molecule has 6 heteroatoms. The van der Waals surface area contributed by atoms with Crippen LogP contribution in [0.1, 0.15) is 26.2 Å². The average Bonchev–Trinajstić information content (AvgIpc) is 2.53. The lowest BCUT2D eigenvalue weighted by Crippen LogP contribution is -2.47. The number of likely N-dealkylation sites (tertiary alicyclic amines) is 1. The van der Waals surface area contributed by atoms with Crippen LogP contribution in [0.3, 0.4) is 0 Å². The van der Waals surface area contributed by atoms with Crippen molar-refractivity contribution in [3.8, 4) is 0 Å². The van der Waals surface area contributed by atoms with Gasteiger partial charge in [-0.2, -0.15) is 0 Å². The molecule has 0 radical (unpaired) electrons. The number of methoxy groups -OCH3 is 1. The van der Waals surface area contributed by atoms with Gasteiger partial charge < -0.3 is 19.5 Å². The van der Waals surface area contributed by atoms with E-state index in [0.29, 0.717) is 25.9 Å². The Morgan fingerprint density at radius 3 is 2.52 bits per heavy atom. The summed E-state index contributed by atoms with van der Waals surface area (Å²) in [5, 5.41) is 10.3. The number of piperidine rings is 1. The summed E-state index contributed by atoms with van der Waals surface area (Å²) in [6.45, 7) is 6.35. The van der Waals surface area contributed by atoms with Gasteiger partial charge in [0.05, 0.1) is 19.1 Å². The number of carbonyl (C=O) groups excluding carboxylic acids is 2. The zero-order chi connectivity index (χ0) is 17.3. The Labute approximate surface area is 137 Å². The van der Waals surface area contributed by atoms with E-state index in [1.165, 1.54) is 12.0 Å². The van der Waals surface area contributed by atoms with Crippen LogP contribution in [0.5, 0.6) is 0 Å². The molecule has 0 bridgehead atoms. The second kappa shape index (κ2) is 9.15. The summed E-state index contributed by atoms with van der Waals surface area (Å²) < 4.78 is 9.84. The van der Waals surface area contributed by atoms with Gasteiger partial charge in [0.1, 0.15) is 6.61 Å². The summed E-state index contributed by atoms with van der Waals surface area (Å²) in [6, 6.07) is 0. The number of amides is 1. The van der Waals surface area contributed by atoms with Gasteiger partial charge in [-0.25, -0.2) is 4.79 Å². The van der Waals surface area contributed by atoms with Crippen molar-refractivity contribution in [2.45, 2.75) is 31.8 Å². The van der Waals surface area contributed by atoms with Gasteiger partial charge >= 0.3 is 12.1 Å². The molecular formula is C17H25NO5. The molecule has 1 aliphatic rings. The SMILES string of the molecule is C=C/C=C(\C=C/C)COC(=O)N1CCC(O)(CC(=O)OC)CC1. The lowest BCUT2D eigenvalue weighted by molar-refractivity contribution is -0.147. The Hall–Kier alpha value is -2.08. The first-order valence-electron chi connectivity index (χ1n) is 7.59. The zero-order valence-electron chi connectivity index (χ0n) is 13.8. The van der Waals surface area contributed by atoms with E-state index in [4.69, 9.17) is 4.74 Å². The fourth-order valence-corrected chi connectivity index (χ4v) is 2.38. The Bertz CT molecular complexity index is 487. The second-order valence-corrected chi connectivity index (χ2v) is 5.50. The highest BCUT2D eigenvalue weighted by atomic mass is 16.6. The van der Waals surface area contributed by atoms with Gasteiger partial charge in [0.15, 0.2) is 0 Å². The van der Waals surface area contributed by atoms with Crippen LogP contribution in [0.25, 0.3) is 0 Å². The van der Waals surface area contributed by atoms with E-state index in [2.05, 4.69) is 11.3 Å². The highest BCUT2D eigenvalue weighted by Crippen LogP contribution is 2.26. The minimum Gasteiger partial charge on any atom is -0.469 e. The lowest BCUT2D eigenvalue weighted by Gasteiger charge is -2.36. The van der Waals surface area contributed by atoms with E-state index >= 15 is 0 Å². The van der Waals surface area contributed by atoms with E-state index in [1.807, 2.05) is 19.1 Å². The van der Waals surface area contributed by atoms with E-state index in [-0.39, 0.29) is 13.0 Å². The van der Waals surface area contributed by atoms with Crippen LogP contribution in [0.4, 0.5) is 4.79 Å². The first kappa shape index (κ1) is 19.0. The minimum absolute atomic E-state index is 0.0557. The molecule has 0 aromatic rings. The van der Waals surface area contributed by atoms with Crippen molar-refractivity contribution in [3.63, 3.8) is 0 Å².